The molecule has 1 N–H and O–H groups in total. The van der Waals surface area contributed by atoms with E-state index in [4.69, 9.17) is 23.2 Å². The van der Waals surface area contributed by atoms with E-state index in [0.717, 1.165) is 37.3 Å². The van der Waals surface area contributed by atoms with E-state index in [2.05, 4.69) is 31.3 Å². The van der Waals surface area contributed by atoms with Crippen LogP contribution in [0.1, 0.15) is 63.2 Å². The highest BCUT2D eigenvalue weighted by Gasteiger charge is 2.30. The molecule has 0 aromatic heterocycles. The fraction of sp³-hybridized carbons (Fsp3) is 0.556. The number of benzene rings is 1. The second-order valence-electron chi connectivity index (χ2n) is 6.86. The summed E-state index contributed by atoms with van der Waals surface area (Å²) in [6, 6.07) is 4.82. The molecule has 5 heteroatoms. The summed E-state index contributed by atoms with van der Waals surface area (Å²) < 4.78 is 0. The second-order valence-corrected chi connectivity index (χ2v) is 7.70. The topological polar surface area (TPSA) is 41.5 Å². The van der Waals surface area contributed by atoms with Crippen molar-refractivity contribution in [3.8, 4) is 0 Å². The summed E-state index contributed by atoms with van der Waals surface area (Å²) in [5.74, 6) is 0.433. The summed E-state index contributed by atoms with van der Waals surface area (Å²) in [5.41, 5.74) is 4.45. The van der Waals surface area contributed by atoms with Gasteiger partial charge in [-0.3, -0.25) is 4.79 Å². The van der Waals surface area contributed by atoms with Crippen molar-refractivity contribution < 1.29 is 4.79 Å². The summed E-state index contributed by atoms with van der Waals surface area (Å²) in [4.78, 5) is 12.1. The fourth-order valence-corrected chi connectivity index (χ4v) is 3.49. The van der Waals surface area contributed by atoms with Gasteiger partial charge in [-0.05, 0) is 55.2 Å². The summed E-state index contributed by atoms with van der Waals surface area (Å²) in [6.45, 7) is 6.92. The van der Waals surface area contributed by atoms with Crippen molar-refractivity contribution >= 4 is 34.8 Å². The molecule has 1 aromatic rings. The Labute approximate surface area is 148 Å². The number of hydrogen-bond acceptors (Lipinski definition) is 2. The molecule has 1 amide bonds. The van der Waals surface area contributed by atoms with Crippen LogP contribution in [0.3, 0.4) is 0 Å². The zero-order valence-electron chi connectivity index (χ0n) is 14.0. The number of nitrogens with zero attached hydrogens (tertiary/aromatic N) is 1. The van der Waals surface area contributed by atoms with Gasteiger partial charge in [0, 0.05) is 10.7 Å². The van der Waals surface area contributed by atoms with Crippen molar-refractivity contribution in [2.75, 3.05) is 0 Å². The van der Waals surface area contributed by atoms with Crippen LogP contribution < -0.4 is 5.43 Å². The molecule has 1 aliphatic rings. The van der Waals surface area contributed by atoms with Crippen molar-refractivity contribution in [2.24, 2.45) is 16.4 Å². The van der Waals surface area contributed by atoms with Crippen LogP contribution in [0, 0.1) is 11.3 Å². The number of nitrogens with one attached hydrogen (secondary N) is 1. The zero-order chi connectivity index (χ0) is 17.0. The molecule has 0 unspecified atom stereocenters. The highest BCUT2D eigenvalue weighted by atomic mass is 35.5. The first-order chi connectivity index (χ1) is 10.8. The lowest BCUT2D eigenvalue weighted by Crippen LogP contribution is -2.29. The van der Waals surface area contributed by atoms with Gasteiger partial charge in [-0.2, -0.15) is 5.10 Å². The molecular formula is C18H24Cl2N2O. The number of halogens is 2. The van der Waals surface area contributed by atoms with Crippen LogP contribution in [0.25, 0.3) is 0 Å². The van der Waals surface area contributed by atoms with Crippen molar-refractivity contribution in [2.45, 2.75) is 52.9 Å². The first kappa shape index (κ1) is 18.3. The van der Waals surface area contributed by atoms with Gasteiger partial charge in [-0.1, -0.05) is 50.4 Å². The van der Waals surface area contributed by atoms with Gasteiger partial charge in [-0.15, -0.1) is 0 Å². The Kier molecular flexibility index (Phi) is 6.10. The van der Waals surface area contributed by atoms with Crippen LogP contribution in [0.15, 0.2) is 23.3 Å². The van der Waals surface area contributed by atoms with Gasteiger partial charge in [0.25, 0.3) is 5.91 Å². The van der Waals surface area contributed by atoms with Gasteiger partial charge in [0.2, 0.25) is 0 Å². The maximum atomic E-state index is 12.1. The molecule has 1 aliphatic carbocycles. The van der Waals surface area contributed by atoms with Crippen molar-refractivity contribution in [3.63, 3.8) is 0 Å². The largest absolute Gasteiger partial charge is 0.272 e. The van der Waals surface area contributed by atoms with Crippen LogP contribution in [0.5, 0.6) is 0 Å². The highest BCUT2D eigenvalue weighted by Crippen LogP contribution is 2.39. The predicted octanol–water partition coefficient (Wildman–Crippen LogP) is 5.71. The van der Waals surface area contributed by atoms with E-state index in [1.165, 1.54) is 6.42 Å². The molecule has 2 rings (SSSR count). The normalized spacial score (nSPS) is 18.7. The molecule has 1 aromatic carbocycles. The molecule has 1 fully saturated rings. The Balaban J connectivity index is 1.93. The fourth-order valence-electron chi connectivity index (χ4n) is 3.00. The van der Waals surface area contributed by atoms with Crippen LogP contribution >= 0.6 is 23.2 Å². The third-order valence-electron chi connectivity index (χ3n) is 5.07. The monoisotopic (exact) mass is 354 g/mol. The maximum Gasteiger partial charge on any atom is 0.272 e. The third kappa shape index (κ3) is 4.71. The zero-order valence-corrected chi connectivity index (χ0v) is 15.5. The Bertz CT molecular complexity index is 601. The molecule has 0 atom stereocenters. The van der Waals surface area contributed by atoms with E-state index >= 15 is 0 Å². The SMILES string of the molecule is CCC(C)(C)C1CCC(=NNC(=O)c2ccc(Cl)cc2Cl)CC1. The Hall–Kier alpha value is -1.06. The van der Waals surface area contributed by atoms with Gasteiger partial charge in [0.1, 0.15) is 0 Å². The lowest BCUT2D eigenvalue weighted by atomic mass is 9.69. The minimum absolute atomic E-state index is 0.296. The molecule has 0 heterocycles. The first-order valence-electron chi connectivity index (χ1n) is 8.14. The molecule has 1 saturated carbocycles. The number of amides is 1. The number of hydrazone groups is 1. The Morgan fingerprint density at radius 2 is 1.96 bits per heavy atom. The number of rotatable bonds is 4. The predicted molar refractivity (Wildman–Crippen MR) is 97.4 cm³/mol. The minimum atomic E-state index is -0.296. The lowest BCUT2D eigenvalue weighted by molar-refractivity contribution is 0.0954. The highest BCUT2D eigenvalue weighted by molar-refractivity contribution is 6.36. The smallest absolute Gasteiger partial charge is 0.267 e. The molecular weight excluding hydrogens is 331 g/mol. The lowest BCUT2D eigenvalue weighted by Gasteiger charge is -2.36. The number of carbonyl (C=O) groups excluding carboxylic acids is 1. The summed E-state index contributed by atoms with van der Waals surface area (Å²) >= 11 is 11.9. The first-order valence-corrected chi connectivity index (χ1v) is 8.90. The number of hydrogen-bond donors (Lipinski definition) is 1. The van der Waals surface area contributed by atoms with Gasteiger partial charge in [0.15, 0.2) is 0 Å². The molecule has 126 valence electrons. The average molecular weight is 355 g/mol. The van der Waals surface area contributed by atoms with E-state index in [1.807, 2.05) is 0 Å². The van der Waals surface area contributed by atoms with Gasteiger partial charge in [-0.25, -0.2) is 5.43 Å². The molecule has 0 saturated heterocycles. The molecule has 23 heavy (non-hydrogen) atoms. The van der Waals surface area contributed by atoms with E-state index in [9.17, 15) is 4.79 Å². The van der Waals surface area contributed by atoms with Gasteiger partial charge in [0.05, 0.1) is 10.6 Å². The molecule has 0 bridgehead atoms. The second kappa shape index (κ2) is 7.67. The van der Waals surface area contributed by atoms with Crippen molar-refractivity contribution in [1.29, 1.82) is 0 Å². The third-order valence-corrected chi connectivity index (χ3v) is 5.62. The average Bonchev–Trinajstić information content (AvgIpc) is 2.53. The van der Waals surface area contributed by atoms with Crippen LogP contribution in [0.4, 0.5) is 0 Å². The molecule has 0 radical (unpaired) electrons. The molecule has 3 nitrogen and oxygen atoms in total. The van der Waals surface area contributed by atoms with Crippen molar-refractivity contribution in [1.82, 2.24) is 5.43 Å². The maximum absolute atomic E-state index is 12.1. The van der Waals surface area contributed by atoms with Crippen LogP contribution in [0.2, 0.25) is 10.0 Å². The van der Waals surface area contributed by atoms with Crippen LogP contribution in [-0.4, -0.2) is 11.6 Å². The van der Waals surface area contributed by atoms with Crippen LogP contribution in [-0.2, 0) is 0 Å². The Morgan fingerprint density at radius 3 is 2.52 bits per heavy atom. The van der Waals surface area contributed by atoms with Crippen molar-refractivity contribution in [3.05, 3.63) is 33.8 Å². The van der Waals surface area contributed by atoms with Gasteiger partial charge < -0.3 is 0 Å². The summed E-state index contributed by atoms with van der Waals surface area (Å²) in [6.07, 6.45) is 5.36. The molecule has 0 aliphatic heterocycles. The van der Waals surface area contributed by atoms with E-state index in [1.54, 1.807) is 18.2 Å². The Morgan fingerprint density at radius 1 is 1.30 bits per heavy atom. The molecule has 0 spiro atoms. The summed E-state index contributed by atoms with van der Waals surface area (Å²) in [5, 5.41) is 5.14. The minimum Gasteiger partial charge on any atom is -0.267 e. The number of carbonyl (C=O) groups is 1. The van der Waals surface area contributed by atoms with E-state index in [-0.39, 0.29) is 5.91 Å². The quantitative estimate of drug-likeness (QED) is 0.691. The van der Waals surface area contributed by atoms with E-state index in [0.29, 0.717) is 21.0 Å². The van der Waals surface area contributed by atoms with Gasteiger partial charge >= 0.3 is 0 Å². The summed E-state index contributed by atoms with van der Waals surface area (Å²) in [7, 11) is 0. The standard InChI is InChI=1S/C18H24Cl2N2O/c1-4-18(2,3)12-5-8-14(9-6-12)21-22-17(23)15-10-7-13(19)11-16(15)20/h7,10-12H,4-6,8-9H2,1-3H3,(H,22,23). The van der Waals surface area contributed by atoms with E-state index < -0.39 is 0 Å².